The first-order valence-corrected chi connectivity index (χ1v) is 7.75. The molecule has 5 heteroatoms. The molecule has 1 atom stereocenters. The van der Waals surface area contributed by atoms with Gasteiger partial charge in [0.1, 0.15) is 5.82 Å². The van der Waals surface area contributed by atoms with Gasteiger partial charge in [-0.05, 0) is 37.8 Å². The molecule has 1 aromatic heterocycles. The van der Waals surface area contributed by atoms with Gasteiger partial charge in [-0.2, -0.15) is 0 Å². The average Bonchev–Trinajstić information content (AvgIpc) is 2.99. The molecule has 3 rings (SSSR count). The third kappa shape index (κ3) is 3.94. The number of hydrogen-bond acceptors (Lipinski definition) is 3. The number of aryl methyl sites for hydroxylation is 1. The predicted molar refractivity (Wildman–Crippen MR) is 90.1 cm³/mol. The molecule has 1 amide bonds. The van der Waals surface area contributed by atoms with Crippen molar-refractivity contribution < 1.29 is 4.79 Å². The SMILES string of the molecule is Cc1cc(=O)[nH]c(-c2cccc(NC(=O)CC3C=CCC3)c2)n1. The van der Waals surface area contributed by atoms with Gasteiger partial charge >= 0.3 is 0 Å². The van der Waals surface area contributed by atoms with E-state index in [9.17, 15) is 9.59 Å². The largest absolute Gasteiger partial charge is 0.326 e. The predicted octanol–water partition coefficient (Wildman–Crippen LogP) is 3.04. The van der Waals surface area contributed by atoms with Crippen molar-refractivity contribution >= 4 is 11.6 Å². The lowest BCUT2D eigenvalue weighted by Crippen LogP contribution is -2.15. The molecule has 1 aromatic carbocycles. The van der Waals surface area contributed by atoms with Gasteiger partial charge in [0.25, 0.3) is 5.56 Å². The minimum absolute atomic E-state index is 0.00407. The maximum Gasteiger partial charge on any atom is 0.251 e. The van der Waals surface area contributed by atoms with Gasteiger partial charge < -0.3 is 10.3 Å². The summed E-state index contributed by atoms with van der Waals surface area (Å²) in [6.45, 7) is 1.78. The van der Waals surface area contributed by atoms with E-state index in [1.165, 1.54) is 6.07 Å². The Labute approximate surface area is 134 Å². The molecule has 1 unspecified atom stereocenters. The number of rotatable bonds is 4. The van der Waals surface area contributed by atoms with Crippen LogP contribution in [0.1, 0.15) is 25.0 Å². The fraction of sp³-hybridized carbons (Fsp3) is 0.278. The summed E-state index contributed by atoms with van der Waals surface area (Å²) in [6.07, 6.45) is 6.83. The van der Waals surface area contributed by atoms with Gasteiger partial charge in [0.05, 0.1) is 0 Å². The van der Waals surface area contributed by atoms with Crippen molar-refractivity contribution in [3.05, 3.63) is 58.5 Å². The molecule has 5 nitrogen and oxygen atoms in total. The summed E-state index contributed by atoms with van der Waals surface area (Å²) in [7, 11) is 0. The van der Waals surface area contributed by atoms with Gasteiger partial charge in [-0.1, -0.05) is 24.3 Å². The lowest BCUT2D eigenvalue weighted by atomic mass is 10.0. The third-order valence-electron chi connectivity index (χ3n) is 3.85. The van der Waals surface area contributed by atoms with E-state index in [-0.39, 0.29) is 11.5 Å². The fourth-order valence-corrected chi connectivity index (χ4v) is 2.78. The number of carbonyl (C=O) groups is 1. The van der Waals surface area contributed by atoms with Gasteiger partial charge in [-0.25, -0.2) is 4.98 Å². The minimum atomic E-state index is -0.185. The number of hydrogen-bond donors (Lipinski definition) is 2. The van der Waals surface area contributed by atoms with Gasteiger partial charge in [0.15, 0.2) is 0 Å². The molecule has 2 N–H and O–H groups in total. The maximum atomic E-state index is 12.1. The number of aromatic nitrogens is 2. The summed E-state index contributed by atoms with van der Waals surface area (Å²) in [5.74, 6) is 0.849. The first-order chi connectivity index (χ1) is 11.1. The molecular formula is C18H19N3O2. The second kappa shape index (κ2) is 6.60. The van der Waals surface area contributed by atoms with Crippen molar-refractivity contribution in [2.45, 2.75) is 26.2 Å². The zero-order valence-electron chi connectivity index (χ0n) is 13.0. The van der Waals surface area contributed by atoms with Crippen molar-refractivity contribution in [2.24, 2.45) is 5.92 Å². The Balaban J connectivity index is 1.75. The molecule has 1 aliphatic rings. The Hall–Kier alpha value is -2.69. The van der Waals surface area contributed by atoms with Crippen LogP contribution in [0, 0.1) is 12.8 Å². The van der Waals surface area contributed by atoms with Crippen LogP contribution in [-0.4, -0.2) is 15.9 Å². The molecule has 0 radical (unpaired) electrons. The molecule has 0 saturated heterocycles. The number of nitrogens with one attached hydrogen (secondary N) is 2. The standard InChI is InChI=1S/C18H19N3O2/c1-12-9-16(22)21-18(19-12)14-7-4-8-15(11-14)20-17(23)10-13-5-2-3-6-13/h2,4-5,7-9,11,13H,3,6,10H2,1H3,(H,20,23)(H,19,21,22). The fourth-order valence-electron chi connectivity index (χ4n) is 2.78. The number of aromatic amines is 1. The lowest BCUT2D eigenvalue weighted by molar-refractivity contribution is -0.116. The number of benzene rings is 1. The Morgan fingerprint density at radius 2 is 2.26 bits per heavy atom. The number of anilines is 1. The average molecular weight is 309 g/mol. The van der Waals surface area contributed by atoms with Crippen LogP contribution < -0.4 is 10.9 Å². The Morgan fingerprint density at radius 3 is 3.00 bits per heavy atom. The van der Waals surface area contributed by atoms with Crippen molar-refractivity contribution in [2.75, 3.05) is 5.32 Å². The van der Waals surface area contributed by atoms with Crippen LogP contribution in [0.25, 0.3) is 11.4 Å². The molecule has 0 fully saturated rings. The van der Waals surface area contributed by atoms with E-state index in [0.29, 0.717) is 29.5 Å². The topological polar surface area (TPSA) is 74.8 Å². The van der Waals surface area contributed by atoms with Crippen LogP contribution in [0.4, 0.5) is 5.69 Å². The Morgan fingerprint density at radius 1 is 1.39 bits per heavy atom. The van der Waals surface area contributed by atoms with E-state index >= 15 is 0 Å². The number of carbonyl (C=O) groups excluding carboxylic acids is 1. The van der Waals surface area contributed by atoms with Crippen molar-refractivity contribution in [3.8, 4) is 11.4 Å². The normalized spacial score (nSPS) is 16.5. The minimum Gasteiger partial charge on any atom is -0.326 e. The zero-order valence-corrected chi connectivity index (χ0v) is 13.0. The van der Waals surface area contributed by atoms with E-state index in [0.717, 1.165) is 18.4 Å². The molecule has 0 aliphatic heterocycles. The van der Waals surface area contributed by atoms with Crippen molar-refractivity contribution in [3.63, 3.8) is 0 Å². The van der Waals surface area contributed by atoms with Gasteiger partial charge in [0.2, 0.25) is 5.91 Å². The van der Waals surface area contributed by atoms with Crippen molar-refractivity contribution in [1.82, 2.24) is 9.97 Å². The summed E-state index contributed by atoms with van der Waals surface area (Å²) >= 11 is 0. The summed E-state index contributed by atoms with van der Waals surface area (Å²) in [5.41, 5.74) is 1.95. The highest BCUT2D eigenvalue weighted by Crippen LogP contribution is 2.22. The number of allylic oxidation sites excluding steroid dienone is 2. The quantitative estimate of drug-likeness (QED) is 0.852. The Kier molecular flexibility index (Phi) is 4.37. The van der Waals surface area contributed by atoms with Crippen LogP contribution in [0.5, 0.6) is 0 Å². The van der Waals surface area contributed by atoms with E-state index < -0.39 is 0 Å². The second-order valence-electron chi connectivity index (χ2n) is 5.83. The molecule has 0 spiro atoms. The molecule has 118 valence electrons. The van der Waals surface area contributed by atoms with Crippen LogP contribution in [0.15, 0.2) is 47.3 Å². The van der Waals surface area contributed by atoms with Crippen LogP contribution in [-0.2, 0) is 4.79 Å². The second-order valence-corrected chi connectivity index (χ2v) is 5.83. The summed E-state index contributed by atoms with van der Waals surface area (Å²) in [6, 6.07) is 8.79. The lowest BCUT2D eigenvalue weighted by Gasteiger charge is -2.10. The number of amides is 1. The summed E-state index contributed by atoms with van der Waals surface area (Å²) in [4.78, 5) is 30.7. The molecule has 2 aromatic rings. The van der Waals surface area contributed by atoms with E-state index in [4.69, 9.17) is 0 Å². The maximum absolute atomic E-state index is 12.1. The van der Waals surface area contributed by atoms with E-state index in [1.54, 1.807) is 6.92 Å². The van der Waals surface area contributed by atoms with E-state index in [1.807, 2.05) is 24.3 Å². The highest BCUT2D eigenvalue weighted by Gasteiger charge is 2.14. The van der Waals surface area contributed by atoms with E-state index in [2.05, 4.69) is 27.4 Å². The first kappa shape index (κ1) is 15.2. The highest BCUT2D eigenvalue weighted by atomic mass is 16.1. The van der Waals surface area contributed by atoms with Gasteiger partial charge in [0, 0.05) is 29.4 Å². The third-order valence-corrected chi connectivity index (χ3v) is 3.85. The van der Waals surface area contributed by atoms with Crippen LogP contribution in [0.3, 0.4) is 0 Å². The Bertz CT molecular complexity index is 808. The molecule has 1 heterocycles. The van der Waals surface area contributed by atoms with Crippen molar-refractivity contribution in [1.29, 1.82) is 0 Å². The summed E-state index contributed by atoms with van der Waals surface area (Å²) < 4.78 is 0. The molecule has 0 bridgehead atoms. The number of H-pyrrole nitrogens is 1. The molecule has 0 saturated carbocycles. The van der Waals surface area contributed by atoms with Crippen LogP contribution >= 0.6 is 0 Å². The monoisotopic (exact) mass is 309 g/mol. The summed E-state index contributed by atoms with van der Waals surface area (Å²) in [5, 5.41) is 2.92. The molecular weight excluding hydrogens is 290 g/mol. The van der Waals surface area contributed by atoms with Gasteiger partial charge in [-0.15, -0.1) is 0 Å². The first-order valence-electron chi connectivity index (χ1n) is 7.75. The van der Waals surface area contributed by atoms with Gasteiger partial charge in [-0.3, -0.25) is 9.59 Å². The van der Waals surface area contributed by atoms with Crippen LogP contribution in [0.2, 0.25) is 0 Å². The highest BCUT2D eigenvalue weighted by molar-refractivity contribution is 5.91. The zero-order chi connectivity index (χ0) is 16.2. The molecule has 1 aliphatic carbocycles. The number of nitrogens with zero attached hydrogens (tertiary/aromatic N) is 1. The smallest absolute Gasteiger partial charge is 0.251 e. The molecule has 23 heavy (non-hydrogen) atoms.